The lowest BCUT2D eigenvalue weighted by molar-refractivity contribution is -0.178. The van der Waals surface area contributed by atoms with Gasteiger partial charge in [0, 0.05) is 0 Å². The molecule has 180 valence electrons. The molecule has 0 aliphatic carbocycles. The minimum atomic E-state index is -2.09. The largest absolute Gasteiger partial charge is 0.465 e. The topological polar surface area (TPSA) is 136 Å². The van der Waals surface area contributed by atoms with Crippen LogP contribution in [0, 0.1) is 11.3 Å². The van der Waals surface area contributed by atoms with E-state index in [9.17, 15) is 19.2 Å². The third-order valence-corrected chi connectivity index (χ3v) is 4.87. The molecule has 1 aromatic heterocycles. The molecule has 11 heteroatoms. The summed E-state index contributed by atoms with van der Waals surface area (Å²) in [5.41, 5.74) is -1.02. The maximum Gasteiger partial charge on any atom is 0.325 e. The van der Waals surface area contributed by atoms with E-state index in [2.05, 4.69) is 10.3 Å². The van der Waals surface area contributed by atoms with Gasteiger partial charge in [-0.15, -0.1) is 5.10 Å². The summed E-state index contributed by atoms with van der Waals surface area (Å²) >= 11 is 0. The van der Waals surface area contributed by atoms with Crippen LogP contribution in [0.3, 0.4) is 0 Å². The molecule has 11 nitrogen and oxygen atoms in total. The number of para-hydroxylation sites is 1. The van der Waals surface area contributed by atoms with Crippen molar-refractivity contribution in [2.24, 2.45) is 11.3 Å². The standard InChI is InChI=1S/C22H29N3O8/c1-5-30-18(26)15(19(27)31-6-2)13-22(20(28)32-7-3,21(29)33-8-4)14-25-17-12-10-9-11-16(17)23-24-25/h9-12,15H,5-8,13-14H2,1-4H3. The maximum atomic E-state index is 13.3. The Kier molecular flexibility index (Phi) is 9.31. The van der Waals surface area contributed by atoms with Crippen molar-refractivity contribution in [2.45, 2.75) is 40.7 Å². The monoisotopic (exact) mass is 463 g/mol. The van der Waals surface area contributed by atoms with Crippen LogP contribution in [0.15, 0.2) is 24.3 Å². The molecule has 1 aromatic carbocycles. The molecule has 0 saturated carbocycles. The van der Waals surface area contributed by atoms with Crippen LogP contribution in [0.2, 0.25) is 0 Å². The number of hydrogen-bond donors (Lipinski definition) is 0. The van der Waals surface area contributed by atoms with Gasteiger partial charge in [-0.25, -0.2) is 4.68 Å². The number of hydrogen-bond acceptors (Lipinski definition) is 10. The number of nitrogens with zero attached hydrogens (tertiary/aromatic N) is 3. The number of carbonyl (C=O) groups excluding carboxylic acids is 4. The molecule has 0 aliphatic rings. The van der Waals surface area contributed by atoms with Gasteiger partial charge in [0.05, 0.1) is 38.5 Å². The van der Waals surface area contributed by atoms with Crippen molar-refractivity contribution < 1.29 is 38.1 Å². The van der Waals surface area contributed by atoms with Crippen LogP contribution >= 0.6 is 0 Å². The minimum absolute atomic E-state index is 0.00569. The van der Waals surface area contributed by atoms with Gasteiger partial charge < -0.3 is 18.9 Å². The number of rotatable bonds is 12. The molecule has 1 heterocycles. The molecule has 0 unspecified atom stereocenters. The molecule has 0 saturated heterocycles. The average Bonchev–Trinajstić information content (AvgIpc) is 3.19. The summed E-state index contributed by atoms with van der Waals surface area (Å²) in [6, 6.07) is 6.95. The number of fused-ring (bicyclic) bond motifs is 1. The van der Waals surface area contributed by atoms with E-state index < -0.39 is 41.6 Å². The second-order valence-electron chi connectivity index (χ2n) is 7.02. The lowest BCUT2D eigenvalue weighted by Crippen LogP contribution is -2.49. The van der Waals surface area contributed by atoms with Crippen molar-refractivity contribution >= 4 is 34.9 Å². The molecule has 0 atom stereocenters. The van der Waals surface area contributed by atoms with Crippen molar-refractivity contribution in [3.8, 4) is 0 Å². The SMILES string of the molecule is CCOC(=O)C(CC(Cn1nnc2ccccc21)(C(=O)OCC)C(=O)OCC)C(=O)OCC. The van der Waals surface area contributed by atoms with Crippen molar-refractivity contribution in [2.75, 3.05) is 26.4 Å². The second kappa shape index (κ2) is 11.9. The summed E-state index contributed by atoms with van der Waals surface area (Å²) in [5, 5.41) is 8.10. The first-order chi connectivity index (χ1) is 15.8. The highest BCUT2D eigenvalue weighted by atomic mass is 16.6. The van der Waals surface area contributed by atoms with E-state index in [4.69, 9.17) is 18.9 Å². The molecular weight excluding hydrogens is 434 g/mol. The van der Waals surface area contributed by atoms with E-state index in [1.807, 2.05) is 0 Å². The van der Waals surface area contributed by atoms with Gasteiger partial charge in [0.2, 0.25) is 0 Å². The molecule has 0 fully saturated rings. The molecule has 0 amide bonds. The van der Waals surface area contributed by atoms with Crippen LogP contribution in [0.4, 0.5) is 0 Å². The van der Waals surface area contributed by atoms with Crippen LogP contribution in [0.25, 0.3) is 11.0 Å². The van der Waals surface area contributed by atoms with Crippen LogP contribution < -0.4 is 0 Å². The van der Waals surface area contributed by atoms with Gasteiger partial charge in [0.15, 0.2) is 11.3 Å². The number of ether oxygens (including phenoxy) is 4. The van der Waals surface area contributed by atoms with Gasteiger partial charge in [-0.1, -0.05) is 17.3 Å². The Morgan fingerprint density at radius 1 is 0.848 bits per heavy atom. The highest BCUT2D eigenvalue weighted by Crippen LogP contribution is 2.34. The molecule has 2 rings (SSSR count). The highest BCUT2D eigenvalue weighted by Gasteiger charge is 2.54. The van der Waals surface area contributed by atoms with Crippen molar-refractivity contribution in [3.63, 3.8) is 0 Å². The van der Waals surface area contributed by atoms with E-state index in [0.717, 1.165) is 0 Å². The van der Waals surface area contributed by atoms with Crippen LogP contribution in [0.5, 0.6) is 0 Å². The van der Waals surface area contributed by atoms with E-state index in [1.54, 1.807) is 52.0 Å². The maximum absolute atomic E-state index is 13.3. The van der Waals surface area contributed by atoms with Gasteiger partial charge in [0.1, 0.15) is 5.52 Å². The Labute approximate surface area is 191 Å². The first kappa shape index (κ1) is 25.8. The molecule has 33 heavy (non-hydrogen) atoms. The lowest BCUT2D eigenvalue weighted by Gasteiger charge is -2.31. The van der Waals surface area contributed by atoms with Gasteiger partial charge in [-0.05, 0) is 46.2 Å². The number of esters is 4. The van der Waals surface area contributed by atoms with Crippen LogP contribution in [-0.4, -0.2) is 65.3 Å². The Morgan fingerprint density at radius 2 is 1.36 bits per heavy atom. The molecule has 0 radical (unpaired) electrons. The first-order valence-corrected chi connectivity index (χ1v) is 10.8. The average molecular weight is 463 g/mol. The second-order valence-corrected chi connectivity index (χ2v) is 7.02. The van der Waals surface area contributed by atoms with Crippen molar-refractivity contribution in [1.82, 2.24) is 15.0 Å². The highest BCUT2D eigenvalue weighted by molar-refractivity contribution is 6.03. The fourth-order valence-corrected chi connectivity index (χ4v) is 3.37. The fourth-order valence-electron chi connectivity index (χ4n) is 3.37. The zero-order chi connectivity index (χ0) is 24.4. The first-order valence-electron chi connectivity index (χ1n) is 10.8. The lowest BCUT2D eigenvalue weighted by atomic mass is 9.78. The normalized spacial score (nSPS) is 11.3. The number of benzene rings is 1. The van der Waals surface area contributed by atoms with E-state index >= 15 is 0 Å². The summed E-state index contributed by atoms with van der Waals surface area (Å²) in [6.07, 6.45) is -0.587. The van der Waals surface area contributed by atoms with E-state index in [-0.39, 0.29) is 33.0 Å². The zero-order valence-electron chi connectivity index (χ0n) is 19.2. The molecule has 0 spiro atoms. The van der Waals surface area contributed by atoms with Gasteiger partial charge >= 0.3 is 23.9 Å². The summed E-state index contributed by atoms with van der Waals surface area (Å²) in [5.74, 6) is -5.31. The minimum Gasteiger partial charge on any atom is -0.465 e. The molecule has 0 aliphatic heterocycles. The summed E-state index contributed by atoms with van der Waals surface area (Å²) in [6.45, 7) is 5.84. The quantitative estimate of drug-likeness (QED) is 0.260. The Hall–Kier alpha value is -3.50. The third kappa shape index (κ3) is 5.85. The van der Waals surface area contributed by atoms with Crippen molar-refractivity contribution in [3.05, 3.63) is 24.3 Å². The zero-order valence-corrected chi connectivity index (χ0v) is 19.2. The Balaban J connectivity index is 2.63. The Bertz CT molecular complexity index is 951. The Morgan fingerprint density at radius 3 is 1.88 bits per heavy atom. The molecule has 0 N–H and O–H groups in total. The van der Waals surface area contributed by atoms with Gasteiger partial charge in [-0.2, -0.15) is 0 Å². The fraction of sp³-hybridized carbons (Fsp3) is 0.545. The smallest absolute Gasteiger partial charge is 0.325 e. The number of aromatic nitrogens is 3. The van der Waals surface area contributed by atoms with E-state index in [0.29, 0.717) is 11.0 Å². The summed E-state index contributed by atoms with van der Waals surface area (Å²) < 4.78 is 21.8. The van der Waals surface area contributed by atoms with Crippen molar-refractivity contribution in [1.29, 1.82) is 0 Å². The van der Waals surface area contributed by atoms with Gasteiger partial charge in [-0.3, -0.25) is 19.2 Å². The predicted octanol–water partition coefficient (Wildman–Crippen LogP) is 1.68. The predicted molar refractivity (Wildman–Crippen MR) is 115 cm³/mol. The van der Waals surface area contributed by atoms with Crippen LogP contribution in [-0.2, 0) is 44.7 Å². The summed E-state index contributed by atoms with van der Waals surface area (Å²) in [4.78, 5) is 51.8. The van der Waals surface area contributed by atoms with Gasteiger partial charge in [0.25, 0.3) is 0 Å². The third-order valence-electron chi connectivity index (χ3n) is 4.87. The number of carbonyl (C=O) groups is 4. The van der Waals surface area contributed by atoms with E-state index in [1.165, 1.54) is 4.68 Å². The molecule has 2 aromatic rings. The molecular formula is C22H29N3O8. The molecule has 0 bridgehead atoms. The summed E-state index contributed by atoms with van der Waals surface area (Å²) in [7, 11) is 0. The van der Waals surface area contributed by atoms with Crippen LogP contribution in [0.1, 0.15) is 34.1 Å².